The number of esters is 2. The average Bonchev–Trinajstić information content (AvgIpc) is 3.05. The molecule has 5 rings (SSSR count). The van der Waals surface area contributed by atoms with Crippen LogP contribution in [0.15, 0.2) is 35.9 Å². The highest BCUT2D eigenvalue weighted by Gasteiger charge is 2.62. The van der Waals surface area contributed by atoms with Gasteiger partial charge in [0.15, 0.2) is 0 Å². The summed E-state index contributed by atoms with van der Waals surface area (Å²) in [5.74, 6) is 2.25. The van der Waals surface area contributed by atoms with Gasteiger partial charge in [-0.25, -0.2) is 0 Å². The Balaban J connectivity index is 1.42. The second kappa shape index (κ2) is 8.84. The maximum atomic E-state index is 12.2. The fourth-order valence-electron chi connectivity index (χ4n) is 8.68. The first kappa shape index (κ1) is 23.6. The summed E-state index contributed by atoms with van der Waals surface area (Å²) >= 11 is 0. The molecule has 0 aliphatic heterocycles. The fourth-order valence-corrected chi connectivity index (χ4v) is 8.68. The Morgan fingerprint density at radius 3 is 2.29 bits per heavy atom. The van der Waals surface area contributed by atoms with Crippen LogP contribution in [0.4, 0.5) is 0 Å². The number of fused-ring (bicyclic) bond motifs is 5. The molecule has 184 valence electrons. The Morgan fingerprint density at radius 1 is 0.882 bits per heavy atom. The van der Waals surface area contributed by atoms with E-state index in [2.05, 4.69) is 44.2 Å². The molecule has 0 amide bonds. The number of hydrogen-bond acceptors (Lipinski definition) is 4. The standard InChI is InChI=1S/C30H40O4/c1-19(31)33-24-12-14-29(3)23(18-24)10-11-25-26(29)13-15-30(4)27(25)17-22(28(30)34-20(2)32)16-21-8-6-5-7-9-21/h5-9,16,23-28H,10-15,17-18H2,1-4H3/t23-,24-,25-,26+,27+,28?,29+,30+/m0/s1. The van der Waals surface area contributed by atoms with E-state index in [9.17, 15) is 9.59 Å². The first-order chi connectivity index (χ1) is 16.2. The van der Waals surface area contributed by atoms with Crippen molar-refractivity contribution in [3.63, 3.8) is 0 Å². The number of rotatable bonds is 3. The molecule has 4 fully saturated rings. The van der Waals surface area contributed by atoms with Crippen LogP contribution in [0.1, 0.15) is 84.6 Å². The first-order valence-electron chi connectivity index (χ1n) is 13.3. The highest BCUT2D eigenvalue weighted by molar-refractivity contribution is 5.67. The summed E-state index contributed by atoms with van der Waals surface area (Å²) < 4.78 is 11.7. The van der Waals surface area contributed by atoms with Crippen molar-refractivity contribution in [2.45, 2.75) is 91.3 Å². The highest BCUT2D eigenvalue weighted by Crippen LogP contribution is 2.67. The van der Waals surface area contributed by atoms with Crippen molar-refractivity contribution >= 4 is 18.0 Å². The van der Waals surface area contributed by atoms with Crippen molar-refractivity contribution in [2.75, 3.05) is 0 Å². The van der Waals surface area contributed by atoms with Gasteiger partial charge in [-0.2, -0.15) is 0 Å². The molecular weight excluding hydrogens is 424 g/mol. The zero-order chi connectivity index (χ0) is 24.1. The molecule has 4 aliphatic carbocycles. The number of benzene rings is 1. The van der Waals surface area contributed by atoms with Crippen molar-refractivity contribution in [3.05, 3.63) is 41.5 Å². The number of carbonyl (C=O) groups is 2. The summed E-state index contributed by atoms with van der Waals surface area (Å²) in [4.78, 5) is 23.7. The molecule has 4 aliphatic rings. The molecule has 0 aromatic heterocycles. The molecule has 1 aromatic rings. The number of ether oxygens (including phenoxy) is 2. The van der Waals surface area contributed by atoms with Crippen molar-refractivity contribution in [3.8, 4) is 0 Å². The van der Waals surface area contributed by atoms with Gasteiger partial charge in [0.25, 0.3) is 0 Å². The van der Waals surface area contributed by atoms with Crippen molar-refractivity contribution in [1.82, 2.24) is 0 Å². The SMILES string of the molecule is CC(=O)OC1C(=Cc2ccccc2)C[C@@H]2[C@H]3CC[C@H]4C[C@@H](OC(C)=O)CC[C@@]4(C)[C@@H]3CC[C@@]12C. The quantitative estimate of drug-likeness (QED) is 0.474. The molecule has 0 N–H and O–H groups in total. The van der Waals surface area contributed by atoms with Gasteiger partial charge in [0, 0.05) is 19.3 Å². The third kappa shape index (κ3) is 4.01. The van der Waals surface area contributed by atoms with Crippen LogP contribution in [-0.2, 0) is 19.1 Å². The van der Waals surface area contributed by atoms with Gasteiger partial charge < -0.3 is 9.47 Å². The van der Waals surface area contributed by atoms with Crippen LogP contribution in [0.25, 0.3) is 6.08 Å². The molecule has 0 saturated heterocycles. The lowest BCUT2D eigenvalue weighted by Gasteiger charge is -2.60. The summed E-state index contributed by atoms with van der Waals surface area (Å²) in [6.45, 7) is 8.00. The Bertz CT molecular complexity index is 967. The van der Waals surface area contributed by atoms with Crippen LogP contribution in [-0.4, -0.2) is 24.1 Å². The Morgan fingerprint density at radius 2 is 1.59 bits per heavy atom. The minimum atomic E-state index is -0.174. The molecule has 0 bridgehead atoms. The van der Waals surface area contributed by atoms with Crippen LogP contribution in [0.2, 0.25) is 0 Å². The molecule has 4 heteroatoms. The summed E-state index contributed by atoms with van der Waals surface area (Å²) in [5.41, 5.74) is 2.81. The maximum absolute atomic E-state index is 12.2. The van der Waals surface area contributed by atoms with Crippen molar-refractivity contribution < 1.29 is 19.1 Å². The highest BCUT2D eigenvalue weighted by atomic mass is 16.5. The van der Waals surface area contributed by atoms with Gasteiger partial charge in [-0.15, -0.1) is 0 Å². The normalized spacial score (nSPS) is 42.3. The molecule has 0 radical (unpaired) electrons. The smallest absolute Gasteiger partial charge is 0.303 e. The van der Waals surface area contributed by atoms with Gasteiger partial charge in [0.05, 0.1) is 0 Å². The molecule has 1 aromatic carbocycles. The van der Waals surface area contributed by atoms with Crippen LogP contribution >= 0.6 is 0 Å². The molecule has 8 atom stereocenters. The first-order valence-corrected chi connectivity index (χ1v) is 13.3. The minimum absolute atomic E-state index is 0.00555. The van der Waals surface area contributed by atoms with Gasteiger partial charge in [0.1, 0.15) is 12.2 Å². The fraction of sp³-hybridized carbons (Fsp3) is 0.667. The molecule has 4 nitrogen and oxygen atoms in total. The van der Waals surface area contributed by atoms with E-state index in [4.69, 9.17) is 9.47 Å². The van der Waals surface area contributed by atoms with Crippen LogP contribution < -0.4 is 0 Å². The van der Waals surface area contributed by atoms with Crippen molar-refractivity contribution in [1.29, 1.82) is 0 Å². The van der Waals surface area contributed by atoms with Crippen LogP contribution in [0.5, 0.6) is 0 Å². The van der Waals surface area contributed by atoms with Gasteiger partial charge in [-0.3, -0.25) is 9.59 Å². The summed E-state index contributed by atoms with van der Waals surface area (Å²) in [6, 6.07) is 10.5. The summed E-state index contributed by atoms with van der Waals surface area (Å²) in [7, 11) is 0. The average molecular weight is 465 g/mol. The predicted molar refractivity (Wildman–Crippen MR) is 133 cm³/mol. The van der Waals surface area contributed by atoms with Gasteiger partial charge in [0.2, 0.25) is 0 Å². The maximum Gasteiger partial charge on any atom is 0.303 e. The van der Waals surface area contributed by atoms with E-state index in [0.29, 0.717) is 29.1 Å². The number of carbonyl (C=O) groups excluding carboxylic acids is 2. The van der Waals surface area contributed by atoms with Gasteiger partial charge in [-0.05, 0) is 91.6 Å². The van der Waals surface area contributed by atoms with E-state index in [1.54, 1.807) is 6.92 Å². The third-order valence-electron chi connectivity index (χ3n) is 10.2. The molecule has 1 unspecified atom stereocenters. The Labute approximate surface area is 204 Å². The second-order valence-electron chi connectivity index (χ2n) is 12.0. The van der Waals surface area contributed by atoms with Gasteiger partial charge in [-0.1, -0.05) is 50.3 Å². The monoisotopic (exact) mass is 464 g/mol. The van der Waals surface area contributed by atoms with Crippen molar-refractivity contribution in [2.24, 2.45) is 34.5 Å². The van der Waals surface area contributed by atoms with E-state index in [1.165, 1.54) is 37.3 Å². The van der Waals surface area contributed by atoms with E-state index < -0.39 is 0 Å². The zero-order valence-corrected chi connectivity index (χ0v) is 21.2. The molecular formula is C30H40O4. The minimum Gasteiger partial charge on any atom is -0.463 e. The summed E-state index contributed by atoms with van der Waals surface area (Å²) in [6.07, 6.45) is 11.2. The van der Waals surface area contributed by atoms with Gasteiger partial charge >= 0.3 is 11.9 Å². The predicted octanol–water partition coefficient (Wildman–Crippen LogP) is 6.59. The summed E-state index contributed by atoms with van der Waals surface area (Å²) in [5, 5.41) is 0. The second-order valence-corrected chi connectivity index (χ2v) is 12.0. The lowest BCUT2D eigenvalue weighted by Crippen LogP contribution is -2.54. The zero-order valence-electron chi connectivity index (χ0n) is 21.2. The third-order valence-corrected chi connectivity index (χ3v) is 10.2. The molecule has 4 saturated carbocycles. The Kier molecular flexibility index (Phi) is 6.14. The van der Waals surface area contributed by atoms with E-state index in [0.717, 1.165) is 32.1 Å². The molecule has 0 spiro atoms. The largest absolute Gasteiger partial charge is 0.463 e. The van der Waals surface area contributed by atoms with Crippen LogP contribution in [0, 0.1) is 34.5 Å². The molecule has 34 heavy (non-hydrogen) atoms. The number of hydrogen-bond donors (Lipinski definition) is 0. The Hall–Kier alpha value is -2.10. The van der Waals surface area contributed by atoms with E-state index >= 15 is 0 Å². The van der Waals surface area contributed by atoms with E-state index in [1.807, 2.05) is 6.07 Å². The topological polar surface area (TPSA) is 52.6 Å². The molecule has 0 heterocycles. The van der Waals surface area contributed by atoms with E-state index in [-0.39, 0.29) is 29.6 Å². The van der Waals surface area contributed by atoms with Crippen LogP contribution in [0.3, 0.4) is 0 Å². The lowest BCUT2D eigenvalue weighted by molar-refractivity contribution is -0.166. The lowest BCUT2D eigenvalue weighted by atomic mass is 9.45.